The zero-order valence-electron chi connectivity index (χ0n) is 15.8. The lowest BCUT2D eigenvalue weighted by Crippen LogP contribution is -2.42. The Bertz CT molecular complexity index is 882. The van der Waals surface area contributed by atoms with Gasteiger partial charge in [0, 0.05) is 6.42 Å². The molecule has 0 saturated carbocycles. The fourth-order valence-electron chi connectivity index (χ4n) is 3.08. The number of anilines is 1. The van der Waals surface area contributed by atoms with Crippen molar-refractivity contribution in [2.45, 2.75) is 44.9 Å². The van der Waals surface area contributed by atoms with Crippen LogP contribution in [0.5, 0.6) is 5.75 Å². The molecular weight excluding hydrogens is 391 g/mol. The molecule has 1 amide bonds. The van der Waals surface area contributed by atoms with E-state index in [1.807, 2.05) is 6.92 Å². The number of nitrogens with zero attached hydrogens (tertiary/aromatic N) is 3. The van der Waals surface area contributed by atoms with E-state index < -0.39 is 30.7 Å². The summed E-state index contributed by atoms with van der Waals surface area (Å²) in [5, 5.41) is 9.84. The van der Waals surface area contributed by atoms with Gasteiger partial charge in [-0.15, -0.1) is 0 Å². The number of rotatable bonds is 7. The molecule has 0 aliphatic carbocycles. The summed E-state index contributed by atoms with van der Waals surface area (Å²) in [6.07, 6.45) is -0.542. The molecule has 29 heavy (non-hydrogen) atoms. The first-order chi connectivity index (χ1) is 13.8. The molecular formula is C19H20F3N3O4. The van der Waals surface area contributed by atoms with Gasteiger partial charge in [0.1, 0.15) is 24.2 Å². The Balaban J connectivity index is 1.82. The van der Waals surface area contributed by atoms with Gasteiger partial charge in [0.25, 0.3) is 0 Å². The summed E-state index contributed by atoms with van der Waals surface area (Å²) in [7, 11) is 0. The summed E-state index contributed by atoms with van der Waals surface area (Å²) in [5.41, 5.74) is 0.708. The van der Waals surface area contributed by atoms with Crippen molar-refractivity contribution in [2.24, 2.45) is 0 Å². The van der Waals surface area contributed by atoms with Crippen LogP contribution >= 0.6 is 0 Å². The first-order valence-electron chi connectivity index (χ1n) is 8.96. The number of aliphatic hydroxyl groups excluding tert-OH is 1. The van der Waals surface area contributed by atoms with Crippen molar-refractivity contribution >= 4 is 11.9 Å². The van der Waals surface area contributed by atoms with Crippen LogP contribution in [0.15, 0.2) is 30.5 Å². The third-order valence-corrected chi connectivity index (χ3v) is 4.61. The number of carbonyl (C=O) groups is 1. The Hall–Kier alpha value is -2.88. The standard InChI is InChI=1S/C19H20F3N3O4/c1-10(12-4-3-5-13(7-12)29-18(21)22)6-16-23-8-14(20)17(24-16)25-15(11(2)26)9-28-19(25)27/h3-5,7-8,10-11,15,18,26H,6,9H2,1-2H3/t10-,11-,15-/m1/s1. The van der Waals surface area contributed by atoms with Crippen LogP contribution in [-0.4, -0.2) is 46.5 Å². The number of aromatic nitrogens is 2. The SMILES string of the molecule is C[C@H](Cc1ncc(F)c(N2C(=O)OC[C@@H]2[C@@H](C)O)n1)c1cccc(OC(F)F)c1. The minimum Gasteiger partial charge on any atom is -0.447 e. The highest BCUT2D eigenvalue weighted by Crippen LogP contribution is 2.28. The number of hydrogen-bond acceptors (Lipinski definition) is 6. The van der Waals surface area contributed by atoms with Crippen LogP contribution in [0.25, 0.3) is 0 Å². The Morgan fingerprint density at radius 2 is 2.14 bits per heavy atom. The second kappa shape index (κ2) is 8.64. The normalized spacial score (nSPS) is 18.7. The molecule has 2 aromatic rings. The average Bonchev–Trinajstić information content (AvgIpc) is 3.04. The van der Waals surface area contributed by atoms with Gasteiger partial charge < -0.3 is 14.6 Å². The molecule has 3 rings (SSSR count). The summed E-state index contributed by atoms with van der Waals surface area (Å²) in [5.74, 6) is -1.01. The minimum atomic E-state index is -2.93. The summed E-state index contributed by atoms with van der Waals surface area (Å²) >= 11 is 0. The third kappa shape index (κ3) is 4.76. The van der Waals surface area contributed by atoms with Gasteiger partial charge in [0.2, 0.25) is 0 Å². The van der Waals surface area contributed by atoms with E-state index >= 15 is 0 Å². The van der Waals surface area contributed by atoms with Gasteiger partial charge in [-0.3, -0.25) is 0 Å². The van der Waals surface area contributed by atoms with Crippen molar-refractivity contribution in [2.75, 3.05) is 11.5 Å². The first kappa shape index (κ1) is 20.8. The number of hydrogen-bond donors (Lipinski definition) is 1. The van der Waals surface area contributed by atoms with Crippen LogP contribution < -0.4 is 9.64 Å². The highest BCUT2D eigenvalue weighted by atomic mass is 19.3. The molecule has 1 N–H and O–H groups in total. The molecule has 0 spiro atoms. The van der Waals surface area contributed by atoms with Crippen molar-refractivity contribution in [3.63, 3.8) is 0 Å². The monoisotopic (exact) mass is 411 g/mol. The topological polar surface area (TPSA) is 84.8 Å². The van der Waals surface area contributed by atoms with Gasteiger partial charge in [-0.25, -0.2) is 24.1 Å². The second-order valence-corrected chi connectivity index (χ2v) is 6.77. The van der Waals surface area contributed by atoms with Crippen molar-refractivity contribution in [1.29, 1.82) is 0 Å². The van der Waals surface area contributed by atoms with E-state index in [2.05, 4.69) is 14.7 Å². The summed E-state index contributed by atoms with van der Waals surface area (Å²) < 4.78 is 48.5. The molecule has 1 aliphatic rings. The van der Waals surface area contributed by atoms with Crippen LogP contribution in [0.1, 0.15) is 31.2 Å². The summed E-state index contributed by atoms with van der Waals surface area (Å²) in [4.78, 5) is 21.1. The number of benzene rings is 1. The molecule has 2 heterocycles. The number of ether oxygens (including phenoxy) is 2. The van der Waals surface area contributed by atoms with Crippen LogP contribution in [0, 0.1) is 5.82 Å². The van der Waals surface area contributed by atoms with E-state index in [-0.39, 0.29) is 36.3 Å². The van der Waals surface area contributed by atoms with E-state index in [9.17, 15) is 23.1 Å². The van der Waals surface area contributed by atoms with E-state index in [0.717, 1.165) is 11.1 Å². The number of cyclic esters (lactones) is 1. The third-order valence-electron chi connectivity index (χ3n) is 4.61. The molecule has 1 aliphatic heterocycles. The lowest BCUT2D eigenvalue weighted by molar-refractivity contribution is -0.0499. The summed E-state index contributed by atoms with van der Waals surface area (Å²) in [6, 6.07) is 5.48. The Kier molecular flexibility index (Phi) is 6.21. The van der Waals surface area contributed by atoms with Gasteiger partial charge in [0.05, 0.1) is 12.3 Å². The van der Waals surface area contributed by atoms with Crippen LogP contribution in [0.4, 0.5) is 23.8 Å². The fourth-order valence-corrected chi connectivity index (χ4v) is 3.08. The second-order valence-electron chi connectivity index (χ2n) is 6.77. The van der Waals surface area contributed by atoms with Crippen LogP contribution in [-0.2, 0) is 11.2 Å². The molecule has 1 fully saturated rings. The van der Waals surface area contributed by atoms with Gasteiger partial charge in [-0.1, -0.05) is 19.1 Å². The number of alkyl halides is 2. The maximum atomic E-state index is 14.3. The number of carbonyl (C=O) groups excluding carboxylic acids is 1. The smallest absolute Gasteiger partial charge is 0.416 e. The van der Waals surface area contributed by atoms with Gasteiger partial charge in [0.15, 0.2) is 11.6 Å². The number of halogens is 3. The molecule has 10 heteroatoms. The fraction of sp³-hybridized carbons (Fsp3) is 0.421. The molecule has 0 radical (unpaired) electrons. The van der Waals surface area contributed by atoms with Crippen LogP contribution in [0.3, 0.4) is 0 Å². The first-order valence-corrected chi connectivity index (χ1v) is 8.96. The van der Waals surface area contributed by atoms with Gasteiger partial charge >= 0.3 is 12.7 Å². The highest BCUT2D eigenvalue weighted by Gasteiger charge is 2.39. The van der Waals surface area contributed by atoms with Crippen molar-refractivity contribution in [1.82, 2.24) is 9.97 Å². The van der Waals surface area contributed by atoms with Crippen molar-refractivity contribution < 1.29 is 32.5 Å². The highest BCUT2D eigenvalue weighted by molar-refractivity contribution is 5.89. The lowest BCUT2D eigenvalue weighted by atomic mass is 9.97. The van der Waals surface area contributed by atoms with Crippen molar-refractivity contribution in [3.05, 3.63) is 47.7 Å². The van der Waals surface area contributed by atoms with E-state index in [4.69, 9.17) is 4.74 Å². The maximum Gasteiger partial charge on any atom is 0.416 e. The maximum absolute atomic E-state index is 14.3. The van der Waals surface area contributed by atoms with Gasteiger partial charge in [-0.05, 0) is 30.5 Å². The molecule has 3 atom stereocenters. The number of aliphatic hydroxyl groups is 1. The predicted molar refractivity (Wildman–Crippen MR) is 96.5 cm³/mol. The van der Waals surface area contributed by atoms with E-state index in [1.165, 1.54) is 19.1 Å². The molecule has 7 nitrogen and oxygen atoms in total. The summed E-state index contributed by atoms with van der Waals surface area (Å²) in [6.45, 7) is 0.292. The van der Waals surface area contributed by atoms with Gasteiger partial charge in [-0.2, -0.15) is 8.78 Å². The predicted octanol–water partition coefficient (Wildman–Crippen LogP) is 3.27. The van der Waals surface area contributed by atoms with Crippen LogP contribution in [0.2, 0.25) is 0 Å². The van der Waals surface area contributed by atoms with E-state index in [1.54, 1.807) is 12.1 Å². The minimum absolute atomic E-state index is 0.0321. The van der Waals surface area contributed by atoms with Crippen molar-refractivity contribution in [3.8, 4) is 5.75 Å². The van der Waals surface area contributed by atoms with E-state index in [0.29, 0.717) is 5.56 Å². The lowest BCUT2D eigenvalue weighted by Gasteiger charge is -2.23. The quantitative estimate of drug-likeness (QED) is 0.753. The molecule has 1 saturated heterocycles. The largest absolute Gasteiger partial charge is 0.447 e. The Morgan fingerprint density at radius 1 is 1.38 bits per heavy atom. The number of amides is 1. The Labute approximate surface area is 165 Å². The molecule has 1 aromatic heterocycles. The average molecular weight is 411 g/mol. The molecule has 0 unspecified atom stereocenters. The molecule has 0 bridgehead atoms. The zero-order valence-corrected chi connectivity index (χ0v) is 15.8. The molecule has 156 valence electrons. The zero-order chi connectivity index (χ0) is 21.1. The Morgan fingerprint density at radius 3 is 2.83 bits per heavy atom. The molecule has 1 aromatic carbocycles.